The van der Waals surface area contributed by atoms with Crippen LogP contribution < -0.4 is 10.1 Å². The zero-order chi connectivity index (χ0) is 21.2. The summed E-state index contributed by atoms with van der Waals surface area (Å²) in [6, 6.07) is 8.11. The molecule has 3 rings (SSSR count). The van der Waals surface area contributed by atoms with Gasteiger partial charge in [-0.2, -0.15) is 0 Å². The van der Waals surface area contributed by atoms with Crippen molar-refractivity contribution in [3.8, 4) is 5.75 Å². The highest BCUT2D eigenvalue weighted by atomic mass is 35.6. The minimum absolute atomic E-state index is 0.124. The average Bonchev–Trinajstić information content (AvgIpc) is 2.68. The molecule has 156 valence electrons. The van der Waals surface area contributed by atoms with Crippen LogP contribution in [0, 0.1) is 0 Å². The number of carbonyl (C=O) groups excluding carboxylic acids is 3. The van der Waals surface area contributed by atoms with Crippen molar-refractivity contribution < 1.29 is 23.9 Å². The van der Waals surface area contributed by atoms with Crippen LogP contribution in [0.15, 0.2) is 41.6 Å². The Balaban J connectivity index is 1.59. The largest absolute Gasteiger partial charge is 0.484 e. The lowest BCUT2D eigenvalue weighted by Crippen LogP contribution is -2.70. The van der Waals surface area contributed by atoms with Gasteiger partial charge in [0.15, 0.2) is 6.61 Å². The monoisotopic (exact) mass is 478 g/mol. The maximum absolute atomic E-state index is 12.6. The van der Waals surface area contributed by atoms with Crippen LogP contribution in [-0.4, -0.2) is 56.9 Å². The third kappa shape index (κ3) is 5.31. The molecule has 1 N–H and O–H groups in total. The molecule has 1 aromatic carbocycles. The first-order valence-electron chi connectivity index (χ1n) is 8.53. The number of para-hydroxylation sites is 1. The normalized spacial score (nSPS) is 21.2. The van der Waals surface area contributed by atoms with Gasteiger partial charge in [0.25, 0.3) is 11.8 Å². The Morgan fingerprint density at radius 1 is 1.28 bits per heavy atom. The minimum atomic E-state index is -1.75. The maximum Gasteiger partial charge on any atom is 0.355 e. The van der Waals surface area contributed by atoms with Crippen LogP contribution in [0.25, 0.3) is 0 Å². The van der Waals surface area contributed by atoms with E-state index in [0.717, 1.165) is 0 Å². The van der Waals surface area contributed by atoms with E-state index in [4.69, 9.17) is 44.3 Å². The minimum Gasteiger partial charge on any atom is -0.484 e. The number of esters is 1. The van der Waals surface area contributed by atoms with Gasteiger partial charge in [-0.15, -0.1) is 11.8 Å². The highest BCUT2D eigenvalue weighted by molar-refractivity contribution is 8.00. The molecule has 0 aromatic heterocycles. The topological polar surface area (TPSA) is 84.9 Å². The molecule has 0 aliphatic carbocycles. The lowest BCUT2D eigenvalue weighted by molar-refractivity contribution is -0.153. The zero-order valence-electron chi connectivity index (χ0n) is 15.2. The molecule has 0 bridgehead atoms. The fourth-order valence-corrected chi connectivity index (χ4v) is 4.32. The molecule has 1 fully saturated rings. The highest BCUT2D eigenvalue weighted by Crippen LogP contribution is 2.40. The summed E-state index contributed by atoms with van der Waals surface area (Å²) in [5.74, 6) is -0.535. The molecule has 1 aromatic rings. The van der Waals surface area contributed by atoms with Crippen LogP contribution in [0.2, 0.25) is 0 Å². The summed E-state index contributed by atoms with van der Waals surface area (Å²) in [5, 5.41) is 2.24. The fraction of sp³-hybridized carbons (Fsp3) is 0.389. The summed E-state index contributed by atoms with van der Waals surface area (Å²) in [6.07, 6.45) is 0. The van der Waals surface area contributed by atoms with Crippen molar-refractivity contribution in [2.24, 2.45) is 0 Å². The molecule has 2 heterocycles. The van der Waals surface area contributed by atoms with E-state index in [9.17, 15) is 14.4 Å². The van der Waals surface area contributed by atoms with Crippen molar-refractivity contribution in [2.75, 3.05) is 19.0 Å². The number of carbonyl (C=O) groups is 3. The van der Waals surface area contributed by atoms with Crippen LogP contribution in [-0.2, 0) is 19.1 Å². The number of halogens is 3. The van der Waals surface area contributed by atoms with Gasteiger partial charge in [-0.3, -0.25) is 14.5 Å². The third-order valence-corrected chi connectivity index (χ3v) is 5.90. The second-order valence-electron chi connectivity index (χ2n) is 6.38. The van der Waals surface area contributed by atoms with Gasteiger partial charge < -0.3 is 14.8 Å². The van der Waals surface area contributed by atoms with Gasteiger partial charge in [0, 0.05) is 5.75 Å². The van der Waals surface area contributed by atoms with Crippen molar-refractivity contribution >= 4 is 64.3 Å². The fourth-order valence-electron chi connectivity index (χ4n) is 2.86. The Hall–Kier alpha value is -1.61. The van der Waals surface area contributed by atoms with E-state index >= 15 is 0 Å². The first-order chi connectivity index (χ1) is 13.7. The predicted octanol–water partition coefficient (Wildman–Crippen LogP) is 2.65. The number of alkyl halides is 3. The van der Waals surface area contributed by atoms with Gasteiger partial charge in [0.2, 0.25) is 3.79 Å². The van der Waals surface area contributed by atoms with Crippen molar-refractivity contribution in [1.82, 2.24) is 10.2 Å². The van der Waals surface area contributed by atoms with Crippen molar-refractivity contribution in [3.63, 3.8) is 0 Å². The summed E-state index contributed by atoms with van der Waals surface area (Å²) in [7, 11) is 0. The second-order valence-corrected chi connectivity index (χ2v) is 10.00. The SMILES string of the molecule is CC1=C(C(=O)OCC(Cl)(Cl)Cl)N2C(=O)[C@@H](NC(=O)COc3ccccc3)[C@H]2SC1. The molecular weight excluding hydrogens is 463 g/mol. The van der Waals surface area contributed by atoms with E-state index in [1.807, 2.05) is 6.07 Å². The number of amides is 2. The molecule has 2 atom stereocenters. The smallest absolute Gasteiger partial charge is 0.355 e. The lowest BCUT2D eigenvalue weighted by atomic mass is 10.0. The summed E-state index contributed by atoms with van der Waals surface area (Å²) < 4.78 is 8.65. The van der Waals surface area contributed by atoms with Gasteiger partial charge in [-0.1, -0.05) is 53.0 Å². The quantitative estimate of drug-likeness (QED) is 0.384. The maximum atomic E-state index is 12.6. The number of hydrogen-bond donors (Lipinski definition) is 1. The van der Waals surface area contributed by atoms with Crippen LogP contribution in [0.3, 0.4) is 0 Å². The Morgan fingerprint density at radius 3 is 2.62 bits per heavy atom. The molecule has 2 aliphatic heterocycles. The van der Waals surface area contributed by atoms with Gasteiger partial charge in [-0.05, 0) is 24.6 Å². The standard InChI is InChI=1S/C18H17Cl3N2O5S/c1-10-8-29-16-13(22-12(24)7-27-11-5-3-2-4-6-11)15(25)23(16)14(10)17(26)28-9-18(19,20)21/h2-6,13,16H,7-9H2,1H3,(H,22,24)/t13-,16-/m1/s1. The van der Waals surface area contributed by atoms with Crippen LogP contribution in [0.4, 0.5) is 0 Å². The number of hydrogen-bond acceptors (Lipinski definition) is 6. The van der Waals surface area contributed by atoms with Gasteiger partial charge >= 0.3 is 5.97 Å². The number of nitrogens with one attached hydrogen (secondary N) is 1. The van der Waals surface area contributed by atoms with E-state index in [1.165, 1.54) is 16.7 Å². The van der Waals surface area contributed by atoms with E-state index in [-0.39, 0.29) is 12.3 Å². The Kier molecular flexibility index (Phi) is 6.88. The molecule has 0 spiro atoms. The van der Waals surface area contributed by atoms with E-state index in [1.54, 1.807) is 31.2 Å². The Bertz CT molecular complexity index is 844. The molecule has 7 nitrogen and oxygen atoms in total. The molecule has 2 amide bonds. The van der Waals surface area contributed by atoms with Crippen LogP contribution >= 0.6 is 46.6 Å². The van der Waals surface area contributed by atoms with Gasteiger partial charge in [0.1, 0.15) is 29.5 Å². The van der Waals surface area contributed by atoms with Gasteiger partial charge in [-0.25, -0.2) is 4.79 Å². The first-order valence-corrected chi connectivity index (χ1v) is 10.7. The van der Waals surface area contributed by atoms with E-state index in [2.05, 4.69) is 5.32 Å². The predicted molar refractivity (Wildman–Crippen MR) is 111 cm³/mol. The number of rotatable bonds is 6. The summed E-state index contributed by atoms with van der Waals surface area (Å²) in [6.45, 7) is 1.06. The molecule has 29 heavy (non-hydrogen) atoms. The first kappa shape index (κ1) is 22.1. The number of benzene rings is 1. The lowest BCUT2D eigenvalue weighted by Gasteiger charge is -2.49. The molecule has 2 aliphatic rings. The molecule has 0 radical (unpaired) electrons. The summed E-state index contributed by atoms with van der Waals surface area (Å²) in [5.41, 5.74) is 0.796. The number of thioether (sulfide) groups is 1. The number of β-lactam (4-membered cyclic amide) rings is 1. The molecule has 11 heteroatoms. The van der Waals surface area contributed by atoms with Crippen molar-refractivity contribution in [1.29, 1.82) is 0 Å². The van der Waals surface area contributed by atoms with Crippen LogP contribution in [0.1, 0.15) is 6.92 Å². The number of fused-ring (bicyclic) bond motifs is 1. The van der Waals surface area contributed by atoms with Crippen LogP contribution in [0.5, 0.6) is 5.75 Å². The zero-order valence-corrected chi connectivity index (χ0v) is 18.3. The highest BCUT2D eigenvalue weighted by Gasteiger charge is 2.54. The van der Waals surface area contributed by atoms with Crippen molar-refractivity contribution in [2.45, 2.75) is 22.1 Å². The summed E-state index contributed by atoms with van der Waals surface area (Å²) in [4.78, 5) is 38.5. The second kappa shape index (κ2) is 9.04. The van der Waals surface area contributed by atoms with E-state index in [0.29, 0.717) is 17.1 Å². The average molecular weight is 480 g/mol. The molecule has 0 saturated carbocycles. The Morgan fingerprint density at radius 2 is 1.97 bits per heavy atom. The Labute approximate surface area is 186 Å². The summed E-state index contributed by atoms with van der Waals surface area (Å²) >= 11 is 18.3. The molecule has 0 unspecified atom stereocenters. The van der Waals surface area contributed by atoms with Gasteiger partial charge in [0.05, 0.1) is 0 Å². The van der Waals surface area contributed by atoms with Crippen molar-refractivity contribution in [3.05, 3.63) is 41.6 Å². The molecule has 1 saturated heterocycles. The molecular formula is C18H17Cl3N2O5S. The number of nitrogens with zero attached hydrogens (tertiary/aromatic N) is 1. The van der Waals surface area contributed by atoms with E-state index < -0.39 is 39.6 Å². The number of ether oxygens (including phenoxy) is 2. The third-order valence-electron chi connectivity index (χ3n) is 4.15.